The Hall–Kier alpha value is -1.74. The summed E-state index contributed by atoms with van der Waals surface area (Å²) in [6.07, 6.45) is 0.997. The first-order valence-corrected chi connectivity index (χ1v) is 11.3. The highest BCUT2D eigenvalue weighted by molar-refractivity contribution is 7.91. The maximum absolute atomic E-state index is 12.5. The fraction of sp³-hybridized carbons (Fsp3) is 0.421. The Bertz CT molecular complexity index is 830. The van der Waals surface area contributed by atoms with Crippen LogP contribution in [-0.2, 0) is 21.2 Å². The van der Waals surface area contributed by atoms with Gasteiger partial charge in [0.1, 0.15) is 4.21 Å². The predicted octanol–water partition coefficient (Wildman–Crippen LogP) is 1.76. The Balaban J connectivity index is 1.46. The predicted molar refractivity (Wildman–Crippen MR) is 107 cm³/mol. The van der Waals surface area contributed by atoms with Crippen LogP contribution in [0.25, 0.3) is 0 Å². The highest BCUT2D eigenvalue weighted by Crippen LogP contribution is 2.19. The summed E-state index contributed by atoms with van der Waals surface area (Å²) >= 11 is 1.16. The van der Waals surface area contributed by atoms with Crippen LogP contribution in [0.15, 0.2) is 52.1 Å². The van der Waals surface area contributed by atoms with Crippen molar-refractivity contribution in [1.82, 2.24) is 14.1 Å². The molecule has 0 bridgehead atoms. The van der Waals surface area contributed by atoms with Crippen LogP contribution in [0.3, 0.4) is 0 Å². The molecule has 0 unspecified atom stereocenters. The van der Waals surface area contributed by atoms with Crippen molar-refractivity contribution in [3.63, 3.8) is 0 Å². The molecule has 1 aliphatic rings. The molecule has 0 saturated carbocycles. The summed E-state index contributed by atoms with van der Waals surface area (Å²) in [6.45, 7) is 3.77. The summed E-state index contributed by atoms with van der Waals surface area (Å²) in [5, 5.41) is 1.72. The van der Waals surface area contributed by atoms with Crippen LogP contribution in [0.2, 0.25) is 0 Å². The van der Waals surface area contributed by atoms with Crippen molar-refractivity contribution in [1.29, 1.82) is 0 Å². The summed E-state index contributed by atoms with van der Waals surface area (Å²) in [4.78, 5) is 16.6. The second-order valence-corrected chi connectivity index (χ2v) is 9.87. The van der Waals surface area contributed by atoms with Gasteiger partial charge in [0, 0.05) is 39.8 Å². The molecule has 27 heavy (non-hydrogen) atoms. The summed E-state index contributed by atoms with van der Waals surface area (Å²) in [5.74, 6) is -0.139. The number of amides is 1. The molecule has 3 rings (SSSR count). The standard InChI is InChI=1S/C19H25N3O3S2/c1-20(27(24,25)19-8-5-15-26-19)16-18(23)22-13-11-21(12-14-22)10-9-17-6-3-2-4-7-17/h2-8,15H,9-14,16H2,1H3. The lowest BCUT2D eigenvalue weighted by molar-refractivity contribution is -0.132. The summed E-state index contributed by atoms with van der Waals surface area (Å²) in [7, 11) is -2.12. The minimum atomic E-state index is -3.59. The number of likely N-dealkylation sites (N-methyl/N-ethyl adjacent to an activating group) is 1. The molecular formula is C19H25N3O3S2. The van der Waals surface area contributed by atoms with Gasteiger partial charge >= 0.3 is 0 Å². The van der Waals surface area contributed by atoms with Gasteiger partial charge in [-0.1, -0.05) is 36.4 Å². The topological polar surface area (TPSA) is 60.9 Å². The molecule has 0 N–H and O–H groups in total. The van der Waals surface area contributed by atoms with Crippen LogP contribution >= 0.6 is 11.3 Å². The molecule has 0 spiro atoms. The largest absolute Gasteiger partial charge is 0.339 e. The lowest BCUT2D eigenvalue weighted by atomic mass is 10.1. The molecule has 1 aliphatic heterocycles. The summed E-state index contributed by atoms with van der Waals surface area (Å²) in [5.41, 5.74) is 1.32. The zero-order valence-corrected chi connectivity index (χ0v) is 17.1. The number of benzene rings is 1. The number of carbonyl (C=O) groups is 1. The Morgan fingerprint density at radius 2 is 1.78 bits per heavy atom. The van der Waals surface area contributed by atoms with Crippen LogP contribution in [0.1, 0.15) is 5.56 Å². The highest BCUT2D eigenvalue weighted by Gasteiger charge is 2.27. The van der Waals surface area contributed by atoms with E-state index in [1.54, 1.807) is 22.4 Å². The molecule has 8 heteroatoms. The van der Waals surface area contributed by atoms with E-state index in [2.05, 4.69) is 17.0 Å². The number of carbonyl (C=O) groups excluding carboxylic acids is 1. The molecule has 0 radical (unpaired) electrons. The van der Waals surface area contributed by atoms with Gasteiger partial charge in [0.15, 0.2) is 0 Å². The molecule has 2 heterocycles. The second kappa shape index (κ2) is 8.97. The lowest BCUT2D eigenvalue weighted by Gasteiger charge is -2.35. The van der Waals surface area contributed by atoms with E-state index < -0.39 is 10.0 Å². The van der Waals surface area contributed by atoms with Gasteiger partial charge in [0.2, 0.25) is 5.91 Å². The van der Waals surface area contributed by atoms with Crippen molar-refractivity contribution in [3.05, 3.63) is 53.4 Å². The SMILES string of the molecule is CN(CC(=O)N1CCN(CCc2ccccc2)CC1)S(=O)(=O)c1cccs1. The first kappa shape index (κ1) is 20.0. The Labute approximate surface area is 165 Å². The first-order chi connectivity index (χ1) is 13.0. The van der Waals surface area contributed by atoms with E-state index in [4.69, 9.17) is 0 Å². The van der Waals surface area contributed by atoms with E-state index in [1.807, 2.05) is 18.2 Å². The Morgan fingerprint density at radius 3 is 2.41 bits per heavy atom. The molecule has 1 aromatic heterocycles. The quantitative estimate of drug-likeness (QED) is 0.702. The fourth-order valence-corrected chi connectivity index (χ4v) is 5.41. The second-order valence-electron chi connectivity index (χ2n) is 6.65. The van der Waals surface area contributed by atoms with Gasteiger partial charge in [0.25, 0.3) is 10.0 Å². The number of thiophene rings is 1. The molecule has 2 aromatic rings. The molecule has 6 nitrogen and oxygen atoms in total. The van der Waals surface area contributed by atoms with E-state index in [0.717, 1.165) is 41.7 Å². The molecule has 1 saturated heterocycles. The average molecular weight is 408 g/mol. The number of sulfonamides is 1. The van der Waals surface area contributed by atoms with Crippen molar-refractivity contribution >= 4 is 27.3 Å². The Kier molecular flexibility index (Phi) is 6.64. The van der Waals surface area contributed by atoms with Gasteiger partial charge in [-0.3, -0.25) is 9.69 Å². The Morgan fingerprint density at radius 1 is 1.07 bits per heavy atom. The molecule has 1 aromatic carbocycles. The molecular weight excluding hydrogens is 382 g/mol. The number of rotatable bonds is 7. The van der Waals surface area contributed by atoms with Crippen molar-refractivity contribution in [2.75, 3.05) is 46.3 Å². The monoisotopic (exact) mass is 407 g/mol. The summed E-state index contributed by atoms with van der Waals surface area (Å²) in [6, 6.07) is 13.6. The van der Waals surface area contributed by atoms with E-state index in [9.17, 15) is 13.2 Å². The third-order valence-corrected chi connectivity index (χ3v) is 7.98. The number of hydrogen-bond acceptors (Lipinski definition) is 5. The third-order valence-electron chi connectivity index (χ3n) is 4.80. The smallest absolute Gasteiger partial charge is 0.252 e. The highest BCUT2D eigenvalue weighted by atomic mass is 32.2. The summed E-state index contributed by atoms with van der Waals surface area (Å²) < 4.78 is 26.3. The van der Waals surface area contributed by atoms with Crippen LogP contribution in [0.5, 0.6) is 0 Å². The molecule has 146 valence electrons. The normalized spacial score (nSPS) is 16.0. The molecule has 1 amide bonds. The van der Waals surface area contributed by atoms with Gasteiger partial charge < -0.3 is 4.90 Å². The van der Waals surface area contributed by atoms with Crippen molar-refractivity contribution in [2.45, 2.75) is 10.6 Å². The van der Waals surface area contributed by atoms with Gasteiger partial charge in [-0.15, -0.1) is 11.3 Å². The zero-order chi connectivity index (χ0) is 19.3. The number of hydrogen-bond donors (Lipinski definition) is 0. The van der Waals surface area contributed by atoms with Crippen LogP contribution in [0, 0.1) is 0 Å². The van der Waals surface area contributed by atoms with Gasteiger partial charge in [-0.2, -0.15) is 4.31 Å². The van der Waals surface area contributed by atoms with Gasteiger partial charge in [-0.25, -0.2) is 8.42 Å². The average Bonchev–Trinajstić information content (AvgIpc) is 3.23. The first-order valence-electron chi connectivity index (χ1n) is 9.01. The third kappa shape index (κ3) is 5.16. The van der Waals surface area contributed by atoms with Crippen LogP contribution in [-0.4, -0.2) is 74.7 Å². The van der Waals surface area contributed by atoms with Gasteiger partial charge in [-0.05, 0) is 23.4 Å². The van der Waals surface area contributed by atoms with E-state index in [-0.39, 0.29) is 16.7 Å². The minimum Gasteiger partial charge on any atom is -0.339 e. The maximum atomic E-state index is 12.5. The van der Waals surface area contributed by atoms with Crippen LogP contribution in [0.4, 0.5) is 0 Å². The molecule has 0 aliphatic carbocycles. The van der Waals surface area contributed by atoms with E-state index in [0.29, 0.717) is 13.1 Å². The van der Waals surface area contributed by atoms with E-state index in [1.165, 1.54) is 12.6 Å². The molecule has 1 fully saturated rings. The maximum Gasteiger partial charge on any atom is 0.252 e. The number of nitrogens with zero attached hydrogens (tertiary/aromatic N) is 3. The van der Waals surface area contributed by atoms with E-state index >= 15 is 0 Å². The zero-order valence-electron chi connectivity index (χ0n) is 15.5. The van der Waals surface area contributed by atoms with Gasteiger partial charge in [0.05, 0.1) is 6.54 Å². The molecule has 0 atom stereocenters. The van der Waals surface area contributed by atoms with Crippen molar-refractivity contribution in [2.24, 2.45) is 0 Å². The van der Waals surface area contributed by atoms with Crippen molar-refractivity contribution < 1.29 is 13.2 Å². The van der Waals surface area contributed by atoms with Crippen LogP contribution < -0.4 is 0 Å². The number of piperazine rings is 1. The minimum absolute atomic E-state index is 0.121. The fourth-order valence-electron chi connectivity index (χ4n) is 3.09. The van der Waals surface area contributed by atoms with Crippen molar-refractivity contribution in [3.8, 4) is 0 Å². The lowest BCUT2D eigenvalue weighted by Crippen LogP contribution is -2.51.